The third kappa shape index (κ3) is 11.5. The van der Waals surface area contributed by atoms with Crippen molar-refractivity contribution in [2.24, 2.45) is 0 Å². The van der Waals surface area contributed by atoms with Gasteiger partial charge in [-0.15, -0.1) is 0 Å². The van der Waals surface area contributed by atoms with E-state index in [9.17, 15) is 22.8 Å². The molecule has 0 aliphatic rings. The van der Waals surface area contributed by atoms with Crippen molar-refractivity contribution in [3.63, 3.8) is 0 Å². The predicted octanol–water partition coefficient (Wildman–Crippen LogP) is 7.05. The maximum absolute atomic E-state index is 12.6. The molecule has 3 rings (SSSR count). The largest absolute Gasteiger partial charge is 0.489 e. The molecule has 0 atom stereocenters. The Morgan fingerprint density at radius 2 is 1.51 bits per heavy atom. The molecule has 3 aromatic rings. The van der Waals surface area contributed by atoms with Gasteiger partial charge in [-0.3, -0.25) is 9.69 Å². The number of para-hydroxylation sites is 1. The van der Waals surface area contributed by atoms with Crippen LogP contribution in [0.5, 0.6) is 5.75 Å². The van der Waals surface area contributed by atoms with Crippen LogP contribution in [0.15, 0.2) is 77.7 Å². The number of hydrogen-bond acceptors (Lipinski definition) is 7. The summed E-state index contributed by atoms with van der Waals surface area (Å²) in [6.45, 7) is 2.38. The van der Waals surface area contributed by atoms with Gasteiger partial charge in [-0.05, 0) is 84.6 Å². The van der Waals surface area contributed by atoms with Crippen LogP contribution in [0.2, 0.25) is 0 Å². The molecule has 10 heteroatoms. The zero-order valence-corrected chi connectivity index (χ0v) is 23.9. The highest BCUT2D eigenvalue weighted by Crippen LogP contribution is 2.36. The van der Waals surface area contributed by atoms with Crippen LogP contribution >= 0.6 is 11.8 Å². The fourth-order valence-corrected chi connectivity index (χ4v) is 4.72. The Hall–Kier alpha value is -3.50. The third-order valence-electron chi connectivity index (χ3n) is 6.34. The molecule has 0 N–H and O–H groups in total. The Kier molecular flexibility index (Phi) is 12.6. The molecule has 3 aromatic carbocycles. The summed E-state index contributed by atoms with van der Waals surface area (Å²) in [5.41, 5.74) is -1.01. The van der Waals surface area contributed by atoms with Gasteiger partial charge in [0.2, 0.25) is 0 Å². The maximum Gasteiger partial charge on any atom is 0.446 e. The molecule has 0 heterocycles. The van der Waals surface area contributed by atoms with Crippen LogP contribution in [0, 0.1) is 0 Å². The Morgan fingerprint density at radius 3 is 2.17 bits per heavy atom. The van der Waals surface area contributed by atoms with Crippen LogP contribution in [0.1, 0.15) is 46.3 Å². The van der Waals surface area contributed by atoms with E-state index in [2.05, 4.69) is 4.90 Å². The normalized spacial score (nSPS) is 11.4. The molecule has 0 aromatic heterocycles. The molecule has 6 nitrogen and oxygen atoms in total. The lowest BCUT2D eigenvalue weighted by Gasteiger charge is -2.23. The quantitative estimate of drug-likeness (QED) is 0.107. The van der Waals surface area contributed by atoms with Gasteiger partial charge in [-0.25, -0.2) is 4.79 Å². The Labute approximate surface area is 242 Å². The summed E-state index contributed by atoms with van der Waals surface area (Å²) in [5, 5.41) is 0. The van der Waals surface area contributed by atoms with Crippen molar-refractivity contribution in [3.8, 4) is 5.75 Å². The summed E-state index contributed by atoms with van der Waals surface area (Å²) in [4.78, 5) is 25.7. The van der Waals surface area contributed by atoms with Gasteiger partial charge in [0.05, 0.1) is 19.8 Å². The number of halogens is 3. The summed E-state index contributed by atoms with van der Waals surface area (Å²) < 4.78 is 53.4. The van der Waals surface area contributed by atoms with Gasteiger partial charge in [-0.1, -0.05) is 42.5 Å². The zero-order valence-electron chi connectivity index (χ0n) is 23.1. The van der Waals surface area contributed by atoms with E-state index in [4.69, 9.17) is 14.2 Å². The van der Waals surface area contributed by atoms with E-state index < -0.39 is 5.51 Å². The van der Waals surface area contributed by atoms with Gasteiger partial charge in [0, 0.05) is 24.4 Å². The van der Waals surface area contributed by atoms with E-state index in [1.54, 1.807) is 24.3 Å². The highest BCUT2D eigenvalue weighted by Gasteiger charge is 2.29. The highest BCUT2D eigenvalue weighted by atomic mass is 32.2. The fourth-order valence-electron chi connectivity index (χ4n) is 4.18. The molecule has 0 amide bonds. The van der Waals surface area contributed by atoms with Gasteiger partial charge in [0.1, 0.15) is 12.4 Å². The van der Waals surface area contributed by atoms with Crippen molar-refractivity contribution in [1.82, 2.24) is 4.90 Å². The number of rotatable bonds is 15. The van der Waals surface area contributed by atoms with Crippen LogP contribution in [-0.4, -0.2) is 49.7 Å². The number of esters is 2. The summed E-state index contributed by atoms with van der Waals surface area (Å²) in [6.07, 6.45) is 2.60. The minimum atomic E-state index is -4.32. The van der Waals surface area contributed by atoms with Crippen molar-refractivity contribution in [2.75, 3.05) is 27.3 Å². The first-order valence-corrected chi connectivity index (χ1v) is 14.0. The van der Waals surface area contributed by atoms with Crippen LogP contribution in [0.3, 0.4) is 0 Å². The number of thioether (sulfide) groups is 1. The van der Waals surface area contributed by atoms with E-state index in [1.165, 1.54) is 26.4 Å². The van der Waals surface area contributed by atoms with Crippen molar-refractivity contribution in [2.45, 2.75) is 49.2 Å². The standard InChI is InChI=1S/C31H34F3NO5S/c1-38-29(36)9-5-6-19-35(21-23-10-14-26(15-11-23)30(37)39-2)20-18-25-7-3-4-8-28(25)40-22-24-12-16-27(17-13-24)41-31(32,33)34/h3-4,7-8,10-17H,5-6,9,18-22H2,1-2H3. The highest BCUT2D eigenvalue weighted by molar-refractivity contribution is 8.00. The van der Waals surface area contributed by atoms with Crippen molar-refractivity contribution >= 4 is 23.7 Å². The topological polar surface area (TPSA) is 65.1 Å². The number of methoxy groups -OCH3 is 2. The van der Waals surface area contributed by atoms with E-state index in [0.717, 1.165) is 36.2 Å². The van der Waals surface area contributed by atoms with E-state index in [0.29, 0.717) is 37.1 Å². The SMILES string of the molecule is COC(=O)CCCCN(CCc1ccccc1OCc1ccc(SC(F)(F)F)cc1)Cc1ccc(C(=O)OC)cc1. The summed E-state index contributed by atoms with van der Waals surface area (Å²) in [5.74, 6) is 0.105. The minimum absolute atomic E-state index is 0.133. The van der Waals surface area contributed by atoms with Crippen LogP contribution < -0.4 is 4.74 Å². The average Bonchev–Trinajstić information content (AvgIpc) is 2.97. The second-order valence-electron chi connectivity index (χ2n) is 9.34. The molecule has 220 valence electrons. The molecular weight excluding hydrogens is 555 g/mol. The fraction of sp³-hybridized carbons (Fsp3) is 0.355. The number of benzene rings is 3. The van der Waals surface area contributed by atoms with Crippen LogP contribution in [-0.2, 0) is 33.8 Å². The first kappa shape index (κ1) is 32.0. The van der Waals surface area contributed by atoms with Gasteiger partial charge in [0.25, 0.3) is 0 Å². The summed E-state index contributed by atoms with van der Waals surface area (Å²) in [7, 11) is 2.73. The Bertz CT molecular complexity index is 1250. The Balaban J connectivity index is 1.62. The second kappa shape index (κ2) is 16.1. The molecule has 41 heavy (non-hydrogen) atoms. The molecule has 0 fully saturated rings. The number of nitrogens with zero attached hydrogens (tertiary/aromatic N) is 1. The van der Waals surface area contributed by atoms with Crippen molar-refractivity contribution < 1.29 is 37.0 Å². The molecular formula is C31H34F3NO5S. The third-order valence-corrected chi connectivity index (χ3v) is 7.07. The number of carbonyl (C=O) groups excluding carboxylic acids is 2. The molecule has 0 saturated carbocycles. The van der Waals surface area contributed by atoms with Gasteiger partial charge >= 0.3 is 17.4 Å². The van der Waals surface area contributed by atoms with E-state index >= 15 is 0 Å². The molecule has 0 bridgehead atoms. The zero-order chi connectivity index (χ0) is 29.7. The van der Waals surface area contributed by atoms with Gasteiger partial charge in [0.15, 0.2) is 0 Å². The molecule has 0 unspecified atom stereocenters. The summed E-state index contributed by atoms with van der Waals surface area (Å²) >= 11 is -0.141. The summed E-state index contributed by atoms with van der Waals surface area (Å²) in [6, 6.07) is 21.2. The first-order chi connectivity index (χ1) is 19.7. The molecule has 0 spiro atoms. The van der Waals surface area contributed by atoms with Gasteiger partial charge in [-0.2, -0.15) is 13.2 Å². The lowest BCUT2D eigenvalue weighted by molar-refractivity contribution is -0.140. The van der Waals surface area contributed by atoms with E-state index in [1.807, 2.05) is 36.4 Å². The lowest BCUT2D eigenvalue weighted by atomic mass is 10.1. The predicted molar refractivity (Wildman–Crippen MR) is 152 cm³/mol. The van der Waals surface area contributed by atoms with Crippen molar-refractivity contribution in [1.29, 1.82) is 0 Å². The smallest absolute Gasteiger partial charge is 0.446 e. The second-order valence-corrected chi connectivity index (χ2v) is 10.5. The molecule has 0 aliphatic heterocycles. The maximum atomic E-state index is 12.6. The lowest BCUT2D eigenvalue weighted by Crippen LogP contribution is -2.27. The average molecular weight is 590 g/mol. The van der Waals surface area contributed by atoms with Crippen molar-refractivity contribution in [3.05, 3.63) is 95.1 Å². The molecule has 0 aliphatic carbocycles. The minimum Gasteiger partial charge on any atom is -0.489 e. The monoisotopic (exact) mass is 589 g/mol. The number of carbonyl (C=O) groups is 2. The number of hydrogen-bond donors (Lipinski definition) is 0. The number of unbranched alkanes of at least 4 members (excludes halogenated alkanes) is 1. The first-order valence-electron chi connectivity index (χ1n) is 13.2. The number of ether oxygens (including phenoxy) is 3. The van der Waals surface area contributed by atoms with Crippen LogP contribution in [0.25, 0.3) is 0 Å². The number of alkyl halides is 3. The van der Waals surface area contributed by atoms with Gasteiger partial charge < -0.3 is 14.2 Å². The molecule has 0 radical (unpaired) electrons. The molecule has 0 saturated heterocycles. The Morgan fingerprint density at radius 1 is 0.829 bits per heavy atom. The van der Waals surface area contributed by atoms with Crippen LogP contribution in [0.4, 0.5) is 13.2 Å². The van der Waals surface area contributed by atoms with E-state index in [-0.39, 0.29) is 35.2 Å².